The predicted molar refractivity (Wildman–Crippen MR) is 68.1 cm³/mol. The molecule has 0 atom stereocenters. The van der Waals surface area contributed by atoms with Crippen LogP contribution < -0.4 is 14.9 Å². The van der Waals surface area contributed by atoms with Gasteiger partial charge in [0.15, 0.2) is 0 Å². The number of nitrogens with zero attached hydrogens (tertiary/aromatic N) is 2. The van der Waals surface area contributed by atoms with E-state index in [0.717, 1.165) is 0 Å². The lowest BCUT2D eigenvalue weighted by Crippen LogP contribution is -2.25. The van der Waals surface area contributed by atoms with Crippen LogP contribution in [-0.2, 0) is 0 Å². The second kappa shape index (κ2) is 5.38. The number of rotatable bonds is 4. The Kier molecular flexibility index (Phi) is 4.37. The molecule has 1 aromatic heterocycles. The van der Waals surface area contributed by atoms with Crippen molar-refractivity contribution < 1.29 is 9.47 Å². The van der Waals surface area contributed by atoms with Crippen LogP contribution in [0.25, 0.3) is 0 Å². The van der Waals surface area contributed by atoms with Gasteiger partial charge in [0, 0.05) is 6.20 Å². The van der Waals surface area contributed by atoms with Gasteiger partial charge in [-0.1, -0.05) is 13.8 Å². The minimum atomic E-state index is -0.342. The van der Waals surface area contributed by atoms with E-state index in [1.165, 1.54) is 6.20 Å². The molecule has 0 unspecified atom stereocenters. The summed E-state index contributed by atoms with van der Waals surface area (Å²) in [4.78, 5) is 8.16. The maximum Gasteiger partial charge on any atom is 0.320 e. The van der Waals surface area contributed by atoms with E-state index in [0.29, 0.717) is 23.9 Å². The highest BCUT2D eigenvalue weighted by molar-refractivity contribution is 6.33. The predicted octanol–water partition coefficient (Wildman–Crippen LogP) is 1.48. The van der Waals surface area contributed by atoms with Gasteiger partial charge >= 0.3 is 6.01 Å². The number of aromatic nitrogens is 2. The highest BCUT2D eigenvalue weighted by atomic mass is 16.5. The minimum absolute atomic E-state index is 0.283. The van der Waals surface area contributed by atoms with Crippen LogP contribution in [0.2, 0.25) is 0 Å². The standard InChI is InChI=1S/C12H19BN2O2/c1-8(2)7-16-10-9(13)6-14-11(15-10)17-12(3,4)5/h6,8H,7H2,1-5H3. The van der Waals surface area contributed by atoms with Crippen molar-refractivity contribution in [2.24, 2.45) is 5.92 Å². The molecule has 0 aromatic carbocycles. The van der Waals surface area contributed by atoms with Gasteiger partial charge in [0.05, 0.1) is 6.61 Å². The van der Waals surface area contributed by atoms with Gasteiger partial charge in [-0.05, 0) is 32.2 Å². The highest BCUT2D eigenvalue weighted by Crippen LogP contribution is 2.14. The van der Waals surface area contributed by atoms with Crippen molar-refractivity contribution in [1.29, 1.82) is 0 Å². The van der Waals surface area contributed by atoms with Crippen molar-refractivity contribution in [2.75, 3.05) is 6.61 Å². The van der Waals surface area contributed by atoms with Crippen molar-refractivity contribution in [2.45, 2.75) is 40.2 Å². The molecular formula is C12H19BN2O2. The molecule has 0 aliphatic rings. The zero-order valence-electron chi connectivity index (χ0n) is 11.2. The van der Waals surface area contributed by atoms with E-state index in [1.54, 1.807) is 0 Å². The Bertz CT molecular complexity index is 375. The quantitative estimate of drug-likeness (QED) is 0.740. The van der Waals surface area contributed by atoms with E-state index in [1.807, 2.05) is 20.8 Å². The molecule has 0 bridgehead atoms. The van der Waals surface area contributed by atoms with Gasteiger partial charge in [-0.15, -0.1) is 0 Å². The monoisotopic (exact) mass is 234 g/mol. The van der Waals surface area contributed by atoms with E-state index in [-0.39, 0.29) is 11.6 Å². The van der Waals surface area contributed by atoms with Gasteiger partial charge in [0.1, 0.15) is 13.4 Å². The number of hydrogen-bond donors (Lipinski definition) is 0. The summed E-state index contributed by atoms with van der Waals surface area (Å²) in [5, 5.41) is 0. The fourth-order valence-electron chi connectivity index (χ4n) is 1.04. The molecule has 17 heavy (non-hydrogen) atoms. The van der Waals surface area contributed by atoms with Crippen LogP contribution in [0.4, 0.5) is 0 Å². The molecule has 4 nitrogen and oxygen atoms in total. The van der Waals surface area contributed by atoms with Crippen LogP contribution in [0.3, 0.4) is 0 Å². The average Bonchev–Trinajstić information content (AvgIpc) is 2.16. The summed E-state index contributed by atoms with van der Waals surface area (Å²) in [6.07, 6.45) is 1.50. The molecular weight excluding hydrogens is 215 g/mol. The van der Waals surface area contributed by atoms with E-state index >= 15 is 0 Å². The Morgan fingerprint density at radius 1 is 1.35 bits per heavy atom. The van der Waals surface area contributed by atoms with Crippen LogP contribution in [0.15, 0.2) is 6.20 Å². The lowest BCUT2D eigenvalue weighted by molar-refractivity contribution is 0.115. The first-order valence-corrected chi connectivity index (χ1v) is 5.72. The summed E-state index contributed by atoms with van der Waals surface area (Å²) < 4.78 is 11.0. The van der Waals surface area contributed by atoms with Crippen LogP contribution in [0.1, 0.15) is 34.6 Å². The maximum absolute atomic E-state index is 5.73. The topological polar surface area (TPSA) is 44.2 Å². The van der Waals surface area contributed by atoms with Crippen LogP contribution >= 0.6 is 0 Å². The first kappa shape index (κ1) is 13.8. The molecule has 0 spiro atoms. The third kappa shape index (κ3) is 5.07. The van der Waals surface area contributed by atoms with Gasteiger partial charge in [-0.2, -0.15) is 4.98 Å². The van der Waals surface area contributed by atoms with Gasteiger partial charge in [-0.25, -0.2) is 4.98 Å². The van der Waals surface area contributed by atoms with Crippen molar-refractivity contribution >= 4 is 13.3 Å². The molecule has 0 aliphatic heterocycles. The van der Waals surface area contributed by atoms with E-state index in [4.69, 9.17) is 17.3 Å². The Morgan fingerprint density at radius 2 is 2.00 bits per heavy atom. The lowest BCUT2D eigenvalue weighted by Gasteiger charge is -2.20. The number of hydrogen-bond acceptors (Lipinski definition) is 4. The van der Waals surface area contributed by atoms with Gasteiger partial charge in [0.2, 0.25) is 5.88 Å². The Morgan fingerprint density at radius 3 is 2.53 bits per heavy atom. The summed E-state index contributed by atoms with van der Waals surface area (Å²) in [5.41, 5.74) is 0.0812. The molecule has 1 heterocycles. The van der Waals surface area contributed by atoms with Crippen LogP contribution in [0.5, 0.6) is 11.9 Å². The zero-order valence-corrected chi connectivity index (χ0v) is 11.2. The number of ether oxygens (including phenoxy) is 2. The molecule has 92 valence electrons. The second-order valence-electron chi connectivity index (χ2n) is 5.33. The smallest absolute Gasteiger partial charge is 0.320 e. The zero-order chi connectivity index (χ0) is 13.1. The SMILES string of the molecule is [B]c1cnc(OC(C)(C)C)nc1OCC(C)C. The highest BCUT2D eigenvalue weighted by Gasteiger charge is 2.15. The lowest BCUT2D eigenvalue weighted by atomic mass is 10.00. The molecule has 0 N–H and O–H groups in total. The molecule has 1 aromatic rings. The summed E-state index contributed by atoms with van der Waals surface area (Å²) in [6.45, 7) is 10.5. The molecule has 0 saturated heterocycles. The molecule has 0 saturated carbocycles. The first-order valence-electron chi connectivity index (χ1n) is 5.72. The second-order valence-corrected chi connectivity index (χ2v) is 5.33. The van der Waals surface area contributed by atoms with Crippen LogP contribution in [-0.4, -0.2) is 30.0 Å². The van der Waals surface area contributed by atoms with Gasteiger partial charge in [0.25, 0.3) is 0 Å². The fraction of sp³-hybridized carbons (Fsp3) is 0.667. The molecule has 2 radical (unpaired) electrons. The minimum Gasteiger partial charge on any atom is -0.478 e. The molecule has 0 aliphatic carbocycles. The summed E-state index contributed by atoms with van der Waals surface area (Å²) in [7, 11) is 5.73. The molecule has 0 amide bonds. The van der Waals surface area contributed by atoms with Gasteiger partial charge in [-0.3, -0.25) is 0 Å². The summed E-state index contributed by atoms with van der Waals surface area (Å²) in [6, 6.07) is 0.283. The van der Waals surface area contributed by atoms with Crippen molar-refractivity contribution in [3.8, 4) is 11.9 Å². The van der Waals surface area contributed by atoms with Crippen molar-refractivity contribution in [3.05, 3.63) is 6.20 Å². The normalized spacial score (nSPS) is 11.6. The average molecular weight is 234 g/mol. The Labute approximate surface area is 104 Å². The summed E-state index contributed by atoms with van der Waals surface area (Å²) >= 11 is 0. The maximum atomic E-state index is 5.73. The third-order valence-corrected chi connectivity index (χ3v) is 1.71. The van der Waals surface area contributed by atoms with E-state index in [2.05, 4.69) is 23.8 Å². The Hall–Kier alpha value is -1.26. The molecule has 1 rings (SSSR count). The van der Waals surface area contributed by atoms with E-state index in [9.17, 15) is 0 Å². The largest absolute Gasteiger partial charge is 0.478 e. The van der Waals surface area contributed by atoms with Gasteiger partial charge < -0.3 is 9.47 Å². The van der Waals surface area contributed by atoms with Crippen LogP contribution in [0, 0.1) is 5.92 Å². The fourth-order valence-corrected chi connectivity index (χ4v) is 1.04. The first-order chi connectivity index (χ1) is 7.78. The third-order valence-electron chi connectivity index (χ3n) is 1.71. The summed E-state index contributed by atoms with van der Waals surface area (Å²) in [5.74, 6) is 0.796. The Balaban J connectivity index is 2.79. The molecule has 0 fully saturated rings. The van der Waals surface area contributed by atoms with Crippen molar-refractivity contribution in [3.63, 3.8) is 0 Å². The van der Waals surface area contributed by atoms with Crippen molar-refractivity contribution in [1.82, 2.24) is 9.97 Å². The van der Waals surface area contributed by atoms with E-state index < -0.39 is 0 Å². The molecule has 5 heteroatoms.